The molecule has 1 heterocycles. The van der Waals surface area contributed by atoms with E-state index in [4.69, 9.17) is 9.47 Å². The highest BCUT2D eigenvalue weighted by molar-refractivity contribution is 7.92. The molecule has 38 heavy (non-hydrogen) atoms. The molecular weight excluding hydrogens is 502 g/mol. The number of carbonyl (C=O) groups is 1. The van der Waals surface area contributed by atoms with Crippen molar-refractivity contribution in [3.05, 3.63) is 90.5 Å². The molecular formula is C29H33N3O5S. The first-order valence-corrected chi connectivity index (χ1v) is 14.0. The molecule has 4 rings (SSSR count). The molecule has 0 spiro atoms. The summed E-state index contributed by atoms with van der Waals surface area (Å²) in [5.74, 6) is 1.01. The molecule has 1 amide bonds. The number of rotatable bonds is 10. The number of nitrogens with one attached hydrogen (secondary N) is 1. The van der Waals surface area contributed by atoms with Gasteiger partial charge in [0.2, 0.25) is 0 Å². The summed E-state index contributed by atoms with van der Waals surface area (Å²) in [5.41, 5.74) is 2.69. The zero-order valence-corrected chi connectivity index (χ0v) is 22.5. The zero-order valence-electron chi connectivity index (χ0n) is 21.7. The van der Waals surface area contributed by atoms with Crippen LogP contribution in [0.25, 0.3) is 0 Å². The standard InChI is InChI=1S/C29H33N3O5S/c1-4-8-22-11-16-27(37-5-2)28(21-22)38(34,35)30-24-14-12-23(13-15-24)29(33)32-19-17-31(18-20-32)25-9-6-7-10-26(25)36-3/h4,6-7,9-16,21,30H,1,5,8,17-20H2,2-3H3. The topological polar surface area (TPSA) is 88.2 Å². The van der Waals surface area contributed by atoms with Gasteiger partial charge >= 0.3 is 0 Å². The summed E-state index contributed by atoms with van der Waals surface area (Å²) in [6.45, 7) is 8.40. The van der Waals surface area contributed by atoms with Crippen molar-refractivity contribution in [2.45, 2.75) is 18.2 Å². The van der Waals surface area contributed by atoms with Crippen LogP contribution in [0.15, 0.2) is 84.3 Å². The number of methoxy groups -OCH3 is 1. The third kappa shape index (κ3) is 6.11. The van der Waals surface area contributed by atoms with E-state index in [1.165, 1.54) is 0 Å². The summed E-state index contributed by atoms with van der Waals surface area (Å²) in [7, 11) is -2.27. The highest BCUT2D eigenvalue weighted by atomic mass is 32.2. The quantitative estimate of drug-likeness (QED) is 0.382. The summed E-state index contributed by atoms with van der Waals surface area (Å²) in [4.78, 5) is 17.2. The molecule has 1 aliphatic rings. The fourth-order valence-electron chi connectivity index (χ4n) is 4.45. The minimum Gasteiger partial charge on any atom is -0.495 e. The normalized spacial score (nSPS) is 13.6. The lowest BCUT2D eigenvalue weighted by Gasteiger charge is -2.36. The van der Waals surface area contributed by atoms with Gasteiger partial charge in [-0.2, -0.15) is 0 Å². The molecule has 0 saturated carbocycles. The van der Waals surface area contributed by atoms with Gasteiger partial charge in [-0.15, -0.1) is 6.58 Å². The first kappa shape index (κ1) is 27.1. The van der Waals surface area contributed by atoms with Crippen molar-refractivity contribution in [2.24, 2.45) is 0 Å². The average molecular weight is 536 g/mol. The molecule has 3 aromatic rings. The first-order chi connectivity index (χ1) is 18.4. The zero-order chi connectivity index (χ0) is 27.1. The van der Waals surface area contributed by atoms with E-state index in [0.29, 0.717) is 50.5 Å². The van der Waals surface area contributed by atoms with Crippen molar-refractivity contribution in [3.8, 4) is 11.5 Å². The third-order valence-electron chi connectivity index (χ3n) is 6.35. The van der Waals surface area contributed by atoms with Crippen LogP contribution in [0.2, 0.25) is 0 Å². The molecule has 1 saturated heterocycles. The molecule has 9 heteroatoms. The Hall–Kier alpha value is -3.98. The minimum atomic E-state index is -3.92. The van der Waals surface area contributed by atoms with E-state index in [1.807, 2.05) is 35.2 Å². The number of hydrogen-bond donors (Lipinski definition) is 1. The van der Waals surface area contributed by atoms with Gasteiger partial charge in [-0.1, -0.05) is 24.3 Å². The number of benzene rings is 3. The Kier molecular flexibility index (Phi) is 8.58. The van der Waals surface area contributed by atoms with Gasteiger partial charge in [0.1, 0.15) is 16.4 Å². The molecule has 0 aliphatic carbocycles. The number of carbonyl (C=O) groups excluding carboxylic acids is 1. The summed E-state index contributed by atoms with van der Waals surface area (Å²) < 4.78 is 40.0. The van der Waals surface area contributed by atoms with Crippen LogP contribution in [0.4, 0.5) is 11.4 Å². The Labute approximate surface area is 224 Å². The number of allylic oxidation sites excluding steroid dienone is 1. The van der Waals surface area contributed by atoms with Crippen LogP contribution in [0.3, 0.4) is 0 Å². The van der Waals surface area contributed by atoms with Crippen LogP contribution in [-0.4, -0.2) is 59.1 Å². The maximum Gasteiger partial charge on any atom is 0.265 e. The maximum atomic E-state index is 13.2. The monoisotopic (exact) mass is 535 g/mol. The van der Waals surface area contributed by atoms with Crippen molar-refractivity contribution in [3.63, 3.8) is 0 Å². The van der Waals surface area contributed by atoms with E-state index in [9.17, 15) is 13.2 Å². The van der Waals surface area contributed by atoms with Gasteiger partial charge in [0.25, 0.3) is 15.9 Å². The van der Waals surface area contributed by atoms with Gasteiger partial charge < -0.3 is 19.3 Å². The van der Waals surface area contributed by atoms with Crippen LogP contribution in [0.1, 0.15) is 22.8 Å². The Bertz CT molecular complexity index is 1380. The number of para-hydroxylation sites is 2. The molecule has 3 aromatic carbocycles. The molecule has 0 atom stereocenters. The van der Waals surface area contributed by atoms with Crippen molar-refractivity contribution < 1.29 is 22.7 Å². The molecule has 1 aliphatic heterocycles. The lowest BCUT2D eigenvalue weighted by molar-refractivity contribution is 0.0746. The first-order valence-electron chi connectivity index (χ1n) is 12.5. The highest BCUT2D eigenvalue weighted by Crippen LogP contribution is 2.30. The Morgan fingerprint density at radius 3 is 2.37 bits per heavy atom. The number of hydrogen-bond acceptors (Lipinski definition) is 6. The van der Waals surface area contributed by atoms with Crippen molar-refractivity contribution in [1.29, 1.82) is 0 Å². The SMILES string of the molecule is C=CCc1ccc(OCC)c(S(=O)(=O)Nc2ccc(C(=O)N3CCN(c4ccccc4OC)CC3)cc2)c1. The predicted molar refractivity (Wildman–Crippen MR) is 150 cm³/mol. The van der Waals surface area contributed by atoms with Gasteiger partial charge in [-0.3, -0.25) is 9.52 Å². The van der Waals surface area contributed by atoms with Gasteiger partial charge in [0, 0.05) is 37.4 Å². The summed E-state index contributed by atoms with van der Waals surface area (Å²) in [6, 6.07) is 19.4. The molecule has 1 N–H and O–H groups in total. The second kappa shape index (κ2) is 12.0. The predicted octanol–water partition coefficient (Wildman–Crippen LogP) is 4.59. The summed E-state index contributed by atoms with van der Waals surface area (Å²) in [6.07, 6.45) is 2.26. The fraction of sp³-hybridized carbons (Fsp3) is 0.276. The minimum absolute atomic E-state index is 0.0618. The number of anilines is 2. The molecule has 8 nitrogen and oxygen atoms in total. The molecule has 0 bridgehead atoms. The Balaban J connectivity index is 1.43. The van der Waals surface area contributed by atoms with Crippen molar-refractivity contribution >= 4 is 27.3 Å². The number of amides is 1. The van der Waals surface area contributed by atoms with E-state index in [1.54, 1.807) is 56.5 Å². The van der Waals surface area contributed by atoms with Gasteiger partial charge in [-0.25, -0.2) is 8.42 Å². The van der Waals surface area contributed by atoms with E-state index in [0.717, 1.165) is 17.0 Å². The molecule has 0 radical (unpaired) electrons. The Morgan fingerprint density at radius 1 is 1.00 bits per heavy atom. The van der Waals surface area contributed by atoms with Crippen LogP contribution < -0.4 is 19.1 Å². The number of ether oxygens (including phenoxy) is 2. The number of piperazine rings is 1. The maximum absolute atomic E-state index is 13.2. The highest BCUT2D eigenvalue weighted by Gasteiger charge is 2.24. The second-order valence-corrected chi connectivity index (χ2v) is 10.5. The van der Waals surface area contributed by atoms with E-state index in [2.05, 4.69) is 16.2 Å². The molecule has 0 unspecified atom stereocenters. The summed E-state index contributed by atoms with van der Waals surface area (Å²) >= 11 is 0. The molecule has 0 aromatic heterocycles. The molecule has 200 valence electrons. The third-order valence-corrected chi connectivity index (χ3v) is 7.76. The summed E-state index contributed by atoms with van der Waals surface area (Å²) in [5, 5.41) is 0. The van der Waals surface area contributed by atoms with Gasteiger partial charge in [0.15, 0.2) is 0 Å². The van der Waals surface area contributed by atoms with Crippen LogP contribution in [0, 0.1) is 0 Å². The van der Waals surface area contributed by atoms with Crippen LogP contribution in [-0.2, 0) is 16.4 Å². The fourth-order valence-corrected chi connectivity index (χ4v) is 5.70. The van der Waals surface area contributed by atoms with E-state index >= 15 is 0 Å². The van der Waals surface area contributed by atoms with E-state index in [-0.39, 0.29) is 16.6 Å². The van der Waals surface area contributed by atoms with Crippen LogP contribution >= 0.6 is 0 Å². The van der Waals surface area contributed by atoms with Gasteiger partial charge in [0.05, 0.1) is 19.4 Å². The van der Waals surface area contributed by atoms with Crippen molar-refractivity contribution in [1.82, 2.24) is 4.90 Å². The largest absolute Gasteiger partial charge is 0.495 e. The van der Waals surface area contributed by atoms with E-state index < -0.39 is 10.0 Å². The van der Waals surface area contributed by atoms with Crippen LogP contribution in [0.5, 0.6) is 11.5 Å². The lowest BCUT2D eigenvalue weighted by Crippen LogP contribution is -2.48. The molecule has 1 fully saturated rings. The smallest absolute Gasteiger partial charge is 0.265 e. The van der Waals surface area contributed by atoms with Crippen molar-refractivity contribution in [2.75, 3.05) is 49.5 Å². The number of sulfonamides is 1. The average Bonchev–Trinajstić information content (AvgIpc) is 2.94. The lowest BCUT2D eigenvalue weighted by atomic mass is 10.1. The Morgan fingerprint density at radius 2 is 1.71 bits per heavy atom. The number of nitrogens with zero attached hydrogens (tertiary/aromatic N) is 2. The second-order valence-electron chi connectivity index (χ2n) is 8.84. The van der Waals surface area contributed by atoms with Gasteiger partial charge in [-0.05, 0) is 67.4 Å².